The van der Waals surface area contributed by atoms with Gasteiger partial charge in [-0.2, -0.15) is 15.8 Å². The molecule has 0 aromatic heterocycles. The minimum Gasteiger partial charge on any atom is -0.401 e. The molecule has 0 bridgehead atoms. The first-order valence-electron chi connectivity index (χ1n) is 7.75. The van der Waals surface area contributed by atoms with E-state index in [2.05, 4.69) is 17.0 Å². The number of rotatable bonds is 1. The number of nitrogens with zero attached hydrogens (tertiary/aromatic N) is 4. The fraction of sp³-hybridized carbons (Fsp3) is 0.316. The third-order valence-electron chi connectivity index (χ3n) is 4.97. The topological polar surface area (TPSA) is 101 Å². The Labute approximate surface area is 141 Å². The second kappa shape index (κ2) is 5.85. The Morgan fingerprint density at radius 3 is 2.42 bits per heavy atom. The summed E-state index contributed by atoms with van der Waals surface area (Å²) in [6, 6.07) is 15.9. The molecule has 2 atom stereocenters. The first-order chi connectivity index (χ1) is 11.6. The molecule has 0 saturated carbocycles. The van der Waals surface area contributed by atoms with E-state index in [0.29, 0.717) is 24.4 Å². The highest BCUT2D eigenvalue weighted by atomic mass is 15.1. The van der Waals surface area contributed by atoms with Crippen LogP contribution >= 0.6 is 0 Å². The molecule has 0 amide bonds. The maximum atomic E-state index is 9.75. The molecule has 118 valence electrons. The van der Waals surface area contributed by atoms with Crippen molar-refractivity contribution in [1.82, 2.24) is 4.90 Å². The molecule has 3 rings (SSSR count). The summed E-state index contributed by atoms with van der Waals surface area (Å²) in [5, 5.41) is 29.1. The maximum Gasteiger partial charge on any atom is 0.201 e. The zero-order valence-electron chi connectivity index (χ0n) is 13.4. The Hall–Kier alpha value is -3.07. The molecule has 24 heavy (non-hydrogen) atoms. The van der Waals surface area contributed by atoms with Crippen LogP contribution in [0.15, 0.2) is 53.3 Å². The molecule has 0 saturated heterocycles. The summed E-state index contributed by atoms with van der Waals surface area (Å²) in [6.07, 6.45) is 1.92. The lowest BCUT2D eigenvalue weighted by molar-refractivity contribution is 0.263. The molecule has 0 radical (unpaired) electrons. The van der Waals surface area contributed by atoms with Crippen molar-refractivity contribution in [1.29, 1.82) is 15.8 Å². The number of nitriles is 3. The van der Waals surface area contributed by atoms with Gasteiger partial charge in [-0.1, -0.05) is 36.4 Å². The van der Waals surface area contributed by atoms with Crippen LogP contribution in [0.5, 0.6) is 0 Å². The van der Waals surface area contributed by atoms with Crippen molar-refractivity contribution >= 4 is 0 Å². The van der Waals surface area contributed by atoms with Crippen molar-refractivity contribution in [3.8, 4) is 18.2 Å². The van der Waals surface area contributed by atoms with Gasteiger partial charge in [0.25, 0.3) is 0 Å². The summed E-state index contributed by atoms with van der Waals surface area (Å²) in [5.41, 5.74) is 6.91. The smallest absolute Gasteiger partial charge is 0.201 e. The predicted octanol–water partition coefficient (Wildman–Crippen LogP) is 2.04. The maximum absolute atomic E-state index is 9.75. The summed E-state index contributed by atoms with van der Waals surface area (Å²) in [5.74, 6) is -0.299. The average molecular weight is 315 g/mol. The molecule has 5 nitrogen and oxygen atoms in total. The summed E-state index contributed by atoms with van der Waals surface area (Å²) in [4.78, 5) is 2.13. The van der Waals surface area contributed by atoms with Crippen LogP contribution in [0.25, 0.3) is 0 Å². The summed E-state index contributed by atoms with van der Waals surface area (Å²) in [7, 11) is 2.00. The van der Waals surface area contributed by atoms with Crippen LogP contribution in [0.4, 0.5) is 0 Å². The lowest BCUT2D eigenvalue weighted by Gasteiger charge is -2.44. The van der Waals surface area contributed by atoms with Gasteiger partial charge in [-0.15, -0.1) is 0 Å². The van der Waals surface area contributed by atoms with Gasteiger partial charge in [-0.3, -0.25) is 0 Å². The Morgan fingerprint density at radius 1 is 1.17 bits per heavy atom. The van der Waals surface area contributed by atoms with Gasteiger partial charge in [-0.05, 0) is 18.2 Å². The van der Waals surface area contributed by atoms with Crippen LogP contribution in [0.1, 0.15) is 11.5 Å². The van der Waals surface area contributed by atoms with Crippen molar-refractivity contribution in [2.24, 2.45) is 17.1 Å². The first-order valence-corrected chi connectivity index (χ1v) is 7.75. The molecule has 1 aromatic carbocycles. The van der Waals surface area contributed by atoms with Crippen LogP contribution in [0.2, 0.25) is 0 Å². The molecule has 0 fully saturated rings. The highest BCUT2D eigenvalue weighted by Crippen LogP contribution is 2.52. The monoisotopic (exact) mass is 315 g/mol. The lowest BCUT2D eigenvalue weighted by atomic mass is 9.59. The molecule has 2 aliphatic rings. The second-order valence-electron chi connectivity index (χ2n) is 6.29. The quantitative estimate of drug-likeness (QED) is 0.799. The van der Waals surface area contributed by atoms with Crippen LogP contribution in [0, 0.1) is 45.3 Å². The Balaban J connectivity index is 2.31. The highest BCUT2D eigenvalue weighted by Gasteiger charge is 2.52. The molecule has 0 spiro atoms. The molecule has 2 N–H and O–H groups in total. The number of allylic oxidation sites excluding steroid dienone is 2. The van der Waals surface area contributed by atoms with E-state index >= 15 is 0 Å². The molecular weight excluding hydrogens is 298 g/mol. The summed E-state index contributed by atoms with van der Waals surface area (Å²) >= 11 is 0. The highest BCUT2D eigenvalue weighted by molar-refractivity contribution is 5.60. The normalized spacial score (nSPS) is 25.7. The van der Waals surface area contributed by atoms with Crippen molar-refractivity contribution < 1.29 is 0 Å². The summed E-state index contributed by atoms with van der Waals surface area (Å²) in [6.45, 7) is 1.34. The zero-order chi connectivity index (χ0) is 17.3. The van der Waals surface area contributed by atoms with Crippen LogP contribution < -0.4 is 5.73 Å². The number of nitrogens with two attached hydrogens (primary N) is 1. The number of likely N-dealkylation sites (N-methyl/N-ethyl adjacent to an activating group) is 1. The van der Waals surface area contributed by atoms with E-state index in [1.54, 1.807) is 0 Å². The van der Waals surface area contributed by atoms with Gasteiger partial charge in [0, 0.05) is 30.6 Å². The first kappa shape index (κ1) is 15.8. The van der Waals surface area contributed by atoms with Gasteiger partial charge in [-0.25, -0.2) is 0 Å². The number of hydrogen-bond donors (Lipinski definition) is 1. The van der Waals surface area contributed by atoms with Gasteiger partial charge in [0.05, 0.1) is 23.8 Å². The SMILES string of the molecule is CN1CC=C2[C@H](C1)[C@@H](c1ccccc1)C(N)=C(C#N)C2(C#N)C#N. The van der Waals surface area contributed by atoms with Crippen LogP contribution in [-0.2, 0) is 0 Å². The lowest BCUT2D eigenvalue weighted by Crippen LogP contribution is -2.46. The van der Waals surface area contributed by atoms with E-state index in [4.69, 9.17) is 5.73 Å². The molecular formula is C19H17N5. The van der Waals surface area contributed by atoms with Crippen molar-refractivity contribution in [3.63, 3.8) is 0 Å². The molecule has 1 aliphatic carbocycles. The van der Waals surface area contributed by atoms with Gasteiger partial charge < -0.3 is 10.6 Å². The molecule has 1 aliphatic heterocycles. The fourth-order valence-corrected chi connectivity index (χ4v) is 3.85. The fourth-order valence-electron chi connectivity index (χ4n) is 3.85. The van der Waals surface area contributed by atoms with E-state index in [9.17, 15) is 15.8 Å². The van der Waals surface area contributed by atoms with Crippen molar-refractivity contribution in [2.75, 3.05) is 20.1 Å². The zero-order valence-corrected chi connectivity index (χ0v) is 13.4. The van der Waals surface area contributed by atoms with Crippen LogP contribution in [0.3, 0.4) is 0 Å². The van der Waals surface area contributed by atoms with E-state index in [1.165, 1.54) is 0 Å². The minimum absolute atomic E-state index is 0.0772. The van der Waals surface area contributed by atoms with E-state index in [-0.39, 0.29) is 17.4 Å². The molecule has 1 heterocycles. The Bertz CT molecular complexity index is 830. The van der Waals surface area contributed by atoms with Gasteiger partial charge in [0.15, 0.2) is 0 Å². The third kappa shape index (κ3) is 2.09. The summed E-state index contributed by atoms with van der Waals surface area (Å²) < 4.78 is 0. The predicted molar refractivity (Wildman–Crippen MR) is 88.7 cm³/mol. The standard InChI is InChI=1S/C19H17N5/c1-24-8-7-15-14(10-24)17(13-5-3-2-4-6-13)18(23)16(9-20)19(15,11-21)12-22/h2-7,14,17H,8,10,23H2,1H3/t14-,17+/m0/s1. The third-order valence-corrected chi connectivity index (χ3v) is 4.97. The Kier molecular flexibility index (Phi) is 3.86. The molecule has 0 unspecified atom stereocenters. The molecule has 5 heteroatoms. The van der Waals surface area contributed by atoms with E-state index in [0.717, 1.165) is 5.56 Å². The van der Waals surface area contributed by atoms with E-state index < -0.39 is 5.41 Å². The Morgan fingerprint density at radius 2 is 1.83 bits per heavy atom. The van der Waals surface area contributed by atoms with Crippen LogP contribution in [-0.4, -0.2) is 25.0 Å². The number of hydrogen-bond acceptors (Lipinski definition) is 5. The van der Waals surface area contributed by atoms with Crippen molar-refractivity contribution in [3.05, 3.63) is 58.8 Å². The van der Waals surface area contributed by atoms with E-state index in [1.807, 2.05) is 49.5 Å². The average Bonchev–Trinajstić information content (AvgIpc) is 2.61. The number of benzene rings is 1. The largest absolute Gasteiger partial charge is 0.401 e. The van der Waals surface area contributed by atoms with Gasteiger partial charge >= 0.3 is 0 Å². The minimum atomic E-state index is -1.57. The van der Waals surface area contributed by atoms with Crippen molar-refractivity contribution in [2.45, 2.75) is 5.92 Å². The van der Waals surface area contributed by atoms with Gasteiger partial charge in [0.1, 0.15) is 0 Å². The second-order valence-corrected chi connectivity index (χ2v) is 6.29. The molecule has 1 aromatic rings. The number of fused-ring (bicyclic) bond motifs is 1. The van der Waals surface area contributed by atoms with Gasteiger partial charge in [0.2, 0.25) is 5.41 Å².